The van der Waals surface area contributed by atoms with Crippen molar-refractivity contribution in [1.29, 1.82) is 0 Å². The number of hydrogen-bond donors (Lipinski definition) is 2. The minimum Gasteiger partial charge on any atom is -0.493 e. The van der Waals surface area contributed by atoms with Crippen molar-refractivity contribution in [3.8, 4) is 17.2 Å². The Bertz CT molecular complexity index is 731. The number of hydrogen-bond acceptors (Lipinski definition) is 4. The Labute approximate surface area is 148 Å². The molecule has 0 saturated carbocycles. The van der Waals surface area contributed by atoms with Crippen LogP contribution in [0.5, 0.6) is 17.2 Å². The van der Waals surface area contributed by atoms with E-state index in [0.29, 0.717) is 30.3 Å². The summed E-state index contributed by atoms with van der Waals surface area (Å²) in [6.45, 7) is 4.83. The number of methoxy groups -OCH3 is 2. The molecule has 2 aromatic carbocycles. The summed E-state index contributed by atoms with van der Waals surface area (Å²) in [6, 6.07) is 10.9. The lowest BCUT2D eigenvalue weighted by molar-refractivity contribution is 0.247. The van der Waals surface area contributed by atoms with Crippen LogP contribution in [0.3, 0.4) is 0 Å². The summed E-state index contributed by atoms with van der Waals surface area (Å²) in [6.07, 6.45) is 0. The van der Waals surface area contributed by atoms with Crippen LogP contribution in [0.4, 0.5) is 10.5 Å². The van der Waals surface area contributed by atoms with Gasteiger partial charge in [0.25, 0.3) is 0 Å². The summed E-state index contributed by atoms with van der Waals surface area (Å²) >= 11 is 0. The third kappa shape index (κ3) is 5.31. The highest BCUT2D eigenvalue weighted by atomic mass is 16.5. The molecule has 0 unspecified atom stereocenters. The van der Waals surface area contributed by atoms with Gasteiger partial charge in [-0.1, -0.05) is 17.7 Å². The lowest BCUT2D eigenvalue weighted by atomic mass is 10.1. The second-order valence-electron chi connectivity index (χ2n) is 5.57. The molecule has 0 bridgehead atoms. The number of amides is 2. The number of carbonyl (C=O) groups is 1. The Morgan fingerprint density at radius 2 is 1.68 bits per heavy atom. The zero-order valence-corrected chi connectivity index (χ0v) is 15.0. The summed E-state index contributed by atoms with van der Waals surface area (Å²) in [7, 11) is 3.11. The van der Waals surface area contributed by atoms with Crippen LogP contribution >= 0.6 is 0 Å². The topological polar surface area (TPSA) is 68.8 Å². The van der Waals surface area contributed by atoms with E-state index in [-0.39, 0.29) is 6.03 Å². The lowest BCUT2D eigenvalue weighted by Gasteiger charge is -2.12. The summed E-state index contributed by atoms with van der Waals surface area (Å²) in [5.74, 6) is 1.99. The average molecular weight is 344 g/mol. The summed E-state index contributed by atoms with van der Waals surface area (Å²) in [4.78, 5) is 11.9. The number of anilines is 1. The van der Waals surface area contributed by atoms with E-state index < -0.39 is 0 Å². The molecular weight excluding hydrogens is 320 g/mol. The number of nitrogens with one attached hydrogen (secondary N) is 2. The fourth-order valence-electron chi connectivity index (χ4n) is 2.38. The van der Waals surface area contributed by atoms with E-state index in [1.54, 1.807) is 32.4 Å². The van der Waals surface area contributed by atoms with Gasteiger partial charge in [-0.2, -0.15) is 0 Å². The SMILES string of the molecule is COc1ccc(NC(=O)NCCOc2ccc(C)cc2C)cc1OC. The number of rotatable bonds is 7. The van der Waals surface area contributed by atoms with Gasteiger partial charge in [-0.05, 0) is 37.6 Å². The summed E-state index contributed by atoms with van der Waals surface area (Å²) < 4.78 is 16.1. The van der Waals surface area contributed by atoms with E-state index in [9.17, 15) is 4.79 Å². The van der Waals surface area contributed by atoms with Gasteiger partial charge < -0.3 is 24.8 Å². The van der Waals surface area contributed by atoms with Crippen LogP contribution in [-0.2, 0) is 0 Å². The van der Waals surface area contributed by atoms with Crippen LogP contribution in [0.15, 0.2) is 36.4 Å². The predicted molar refractivity (Wildman–Crippen MR) is 98.0 cm³/mol. The van der Waals surface area contributed by atoms with Crippen molar-refractivity contribution < 1.29 is 19.0 Å². The van der Waals surface area contributed by atoms with E-state index in [1.807, 2.05) is 26.0 Å². The first-order chi connectivity index (χ1) is 12.0. The van der Waals surface area contributed by atoms with Crippen molar-refractivity contribution in [2.45, 2.75) is 13.8 Å². The standard InChI is InChI=1S/C19H24N2O4/c1-13-5-7-16(14(2)11-13)25-10-9-20-19(22)21-15-6-8-17(23-3)18(12-15)24-4/h5-8,11-12H,9-10H2,1-4H3,(H2,20,21,22). The van der Waals surface area contributed by atoms with Crippen LogP contribution in [0.1, 0.15) is 11.1 Å². The van der Waals surface area contributed by atoms with E-state index in [0.717, 1.165) is 11.3 Å². The minimum atomic E-state index is -0.309. The number of carbonyl (C=O) groups excluding carboxylic acids is 1. The molecule has 2 aromatic rings. The molecule has 0 fully saturated rings. The van der Waals surface area contributed by atoms with Gasteiger partial charge in [0.15, 0.2) is 11.5 Å². The Balaban J connectivity index is 1.79. The quantitative estimate of drug-likeness (QED) is 0.754. The Morgan fingerprint density at radius 1 is 0.960 bits per heavy atom. The van der Waals surface area contributed by atoms with Crippen molar-refractivity contribution >= 4 is 11.7 Å². The highest BCUT2D eigenvalue weighted by molar-refractivity contribution is 5.89. The number of ether oxygens (including phenoxy) is 3. The van der Waals surface area contributed by atoms with Gasteiger partial charge in [-0.15, -0.1) is 0 Å². The highest BCUT2D eigenvalue weighted by Gasteiger charge is 2.07. The van der Waals surface area contributed by atoms with Gasteiger partial charge in [0.2, 0.25) is 0 Å². The van der Waals surface area contributed by atoms with Crippen molar-refractivity contribution in [3.63, 3.8) is 0 Å². The molecule has 0 aliphatic rings. The molecule has 25 heavy (non-hydrogen) atoms. The van der Waals surface area contributed by atoms with E-state index in [4.69, 9.17) is 14.2 Å². The van der Waals surface area contributed by atoms with Crippen molar-refractivity contribution in [2.75, 3.05) is 32.7 Å². The van der Waals surface area contributed by atoms with Crippen molar-refractivity contribution in [1.82, 2.24) is 5.32 Å². The molecule has 0 atom stereocenters. The first-order valence-electron chi connectivity index (χ1n) is 8.00. The number of urea groups is 1. The van der Waals surface area contributed by atoms with Crippen LogP contribution in [0, 0.1) is 13.8 Å². The lowest BCUT2D eigenvalue weighted by Crippen LogP contribution is -2.32. The fraction of sp³-hybridized carbons (Fsp3) is 0.316. The molecule has 0 aromatic heterocycles. The van der Waals surface area contributed by atoms with Crippen LogP contribution in [0.25, 0.3) is 0 Å². The minimum absolute atomic E-state index is 0.309. The molecule has 2 rings (SSSR count). The van der Waals surface area contributed by atoms with Crippen molar-refractivity contribution in [3.05, 3.63) is 47.5 Å². The largest absolute Gasteiger partial charge is 0.493 e. The molecule has 134 valence electrons. The third-order valence-corrected chi connectivity index (χ3v) is 3.62. The van der Waals surface area contributed by atoms with Gasteiger partial charge >= 0.3 is 6.03 Å². The van der Waals surface area contributed by atoms with E-state index in [1.165, 1.54) is 5.56 Å². The Morgan fingerprint density at radius 3 is 2.36 bits per heavy atom. The molecular formula is C19H24N2O4. The fourth-order valence-corrected chi connectivity index (χ4v) is 2.38. The molecule has 6 heteroatoms. The normalized spacial score (nSPS) is 10.1. The molecule has 2 N–H and O–H groups in total. The Hall–Kier alpha value is -2.89. The first kappa shape index (κ1) is 18.4. The second kappa shape index (κ2) is 8.82. The Kier molecular flexibility index (Phi) is 6.51. The highest BCUT2D eigenvalue weighted by Crippen LogP contribution is 2.29. The molecule has 0 heterocycles. The maximum atomic E-state index is 11.9. The van der Waals surface area contributed by atoms with Crippen LogP contribution in [0.2, 0.25) is 0 Å². The van der Waals surface area contributed by atoms with Crippen LogP contribution in [-0.4, -0.2) is 33.4 Å². The predicted octanol–water partition coefficient (Wildman–Crippen LogP) is 3.52. The van der Waals surface area contributed by atoms with E-state index >= 15 is 0 Å². The number of benzene rings is 2. The number of aryl methyl sites for hydroxylation is 2. The van der Waals surface area contributed by atoms with Crippen LogP contribution < -0.4 is 24.8 Å². The van der Waals surface area contributed by atoms with E-state index in [2.05, 4.69) is 16.7 Å². The van der Waals surface area contributed by atoms with Gasteiger partial charge in [-0.25, -0.2) is 4.79 Å². The molecule has 0 spiro atoms. The molecule has 6 nitrogen and oxygen atoms in total. The second-order valence-corrected chi connectivity index (χ2v) is 5.57. The maximum absolute atomic E-state index is 11.9. The molecule has 2 amide bonds. The first-order valence-corrected chi connectivity index (χ1v) is 8.00. The van der Waals surface area contributed by atoms with Gasteiger partial charge in [0, 0.05) is 11.8 Å². The summed E-state index contributed by atoms with van der Waals surface area (Å²) in [5, 5.41) is 5.50. The van der Waals surface area contributed by atoms with Gasteiger partial charge in [0.05, 0.1) is 20.8 Å². The monoisotopic (exact) mass is 344 g/mol. The smallest absolute Gasteiger partial charge is 0.319 e. The van der Waals surface area contributed by atoms with Crippen molar-refractivity contribution in [2.24, 2.45) is 0 Å². The molecule has 0 saturated heterocycles. The average Bonchev–Trinajstić information content (AvgIpc) is 2.60. The van der Waals surface area contributed by atoms with Gasteiger partial charge in [0.1, 0.15) is 12.4 Å². The van der Waals surface area contributed by atoms with Gasteiger partial charge in [-0.3, -0.25) is 0 Å². The summed E-state index contributed by atoms with van der Waals surface area (Å²) in [5.41, 5.74) is 2.89. The molecule has 0 aliphatic carbocycles. The molecule has 0 aliphatic heterocycles. The zero-order valence-electron chi connectivity index (χ0n) is 15.0. The maximum Gasteiger partial charge on any atom is 0.319 e. The third-order valence-electron chi connectivity index (χ3n) is 3.62. The zero-order chi connectivity index (χ0) is 18.2. The molecule has 0 radical (unpaired) electrons.